The lowest BCUT2D eigenvalue weighted by Crippen LogP contribution is -2.63. The minimum absolute atomic E-state index is 0.0284. The number of aliphatic hydroxyl groups excluding tert-OH is 1. The molecule has 9 nitrogen and oxygen atoms in total. The second-order valence-electron chi connectivity index (χ2n) is 7.99. The van der Waals surface area contributed by atoms with Crippen molar-refractivity contribution < 1.29 is 29.0 Å². The molecule has 160 valence electrons. The van der Waals surface area contributed by atoms with Crippen LogP contribution in [0.1, 0.15) is 42.6 Å². The Kier molecular flexibility index (Phi) is 5.03. The number of rotatable bonds is 7. The van der Waals surface area contributed by atoms with Crippen molar-refractivity contribution in [2.24, 2.45) is 17.6 Å². The van der Waals surface area contributed by atoms with Gasteiger partial charge in [-0.15, -0.1) is 0 Å². The van der Waals surface area contributed by atoms with Gasteiger partial charge in [0.25, 0.3) is 0 Å². The molecule has 1 saturated heterocycles. The van der Waals surface area contributed by atoms with Crippen LogP contribution >= 0.6 is 11.3 Å². The zero-order chi connectivity index (χ0) is 21.9. The molecule has 0 aliphatic carbocycles. The van der Waals surface area contributed by atoms with Crippen LogP contribution in [0.25, 0.3) is 10.4 Å². The van der Waals surface area contributed by atoms with Gasteiger partial charge in [-0.2, -0.15) is 4.40 Å². The second kappa shape index (κ2) is 7.29. The lowest BCUT2D eigenvalue weighted by Gasteiger charge is -2.46. The van der Waals surface area contributed by atoms with E-state index in [2.05, 4.69) is 0 Å². The van der Waals surface area contributed by atoms with Gasteiger partial charge in [0.15, 0.2) is 0 Å². The number of nitrogens with two attached hydrogens (primary N) is 1. The van der Waals surface area contributed by atoms with Crippen molar-refractivity contribution >= 4 is 39.4 Å². The van der Waals surface area contributed by atoms with Gasteiger partial charge in [0.1, 0.15) is 11.9 Å². The van der Waals surface area contributed by atoms with E-state index in [1.54, 1.807) is 6.92 Å². The summed E-state index contributed by atoms with van der Waals surface area (Å²) in [5.74, 6) is -2.46. The third-order valence-corrected chi connectivity index (χ3v) is 7.17. The van der Waals surface area contributed by atoms with E-state index < -0.39 is 18.0 Å². The summed E-state index contributed by atoms with van der Waals surface area (Å²) >= 11 is 1.34. The Balaban J connectivity index is 1.82. The van der Waals surface area contributed by atoms with E-state index in [1.807, 2.05) is 28.4 Å². The van der Waals surface area contributed by atoms with Gasteiger partial charge in [-0.3, -0.25) is 9.59 Å². The number of aliphatic carboxylic acids is 1. The van der Waals surface area contributed by atoms with E-state index >= 15 is 0 Å². The van der Waals surface area contributed by atoms with Crippen LogP contribution in [0.15, 0.2) is 18.2 Å². The number of ketones is 1. The number of aromatic nitrogens is 2. The van der Waals surface area contributed by atoms with Crippen molar-refractivity contribution in [3.05, 3.63) is 28.8 Å². The first-order valence-electron chi connectivity index (χ1n) is 9.92. The molecule has 1 fully saturated rings. The molecular weight excluding hydrogens is 408 g/mol. The van der Waals surface area contributed by atoms with E-state index in [1.165, 1.54) is 23.2 Å². The molecule has 4 heterocycles. The highest BCUT2D eigenvalue weighted by molar-refractivity contribution is 7.18. The highest BCUT2D eigenvalue weighted by Crippen LogP contribution is 2.51. The number of amides is 1. The zero-order valence-electron chi connectivity index (χ0n) is 17.0. The first-order valence-corrected chi connectivity index (χ1v) is 10.7. The molecule has 30 heavy (non-hydrogen) atoms. The fourth-order valence-electron chi connectivity index (χ4n) is 4.76. The van der Waals surface area contributed by atoms with Crippen LogP contribution in [0, 0.1) is 11.8 Å². The van der Waals surface area contributed by atoms with Gasteiger partial charge in [0, 0.05) is 18.4 Å². The van der Waals surface area contributed by atoms with Crippen molar-refractivity contribution in [3.63, 3.8) is 0 Å². The van der Waals surface area contributed by atoms with Gasteiger partial charge in [0.05, 0.1) is 29.5 Å². The topological polar surface area (TPSA) is 130 Å². The van der Waals surface area contributed by atoms with Crippen molar-refractivity contribution in [1.29, 1.82) is 0 Å². The number of carboxylic acid groups (broad SMARTS) is 1. The molecule has 0 saturated carbocycles. The Morgan fingerprint density at radius 3 is 2.67 bits per heavy atom. The standard InChI is InChI=1S/C20H24N4O5S/c1-9-13(17(20(28)29)24-15(9)14(10(2)25)18(24)27)12-7-23-8-22(6-4-5-21)16(11(3)26)19(23)30-12/h7-10,14-15,25H,4-6,21H2,1-3H3/p+1/t9-,10+,14+,15+/m0/s1. The molecule has 0 spiro atoms. The lowest BCUT2D eigenvalue weighted by molar-refractivity contribution is -0.508. The fourth-order valence-corrected chi connectivity index (χ4v) is 6.09. The number of aryl methyl sites for hydroxylation is 1. The molecule has 0 radical (unpaired) electrons. The molecule has 4 rings (SSSR count). The van der Waals surface area contributed by atoms with Crippen molar-refractivity contribution in [2.45, 2.75) is 45.9 Å². The summed E-state index contributed by atoms with van der Waals surface area (Å²) in [7, 11) is 0. The maximum atomic E-state index is 12.5. The van der Waals surface area contributed by atoms with Crippen molar-refractivity contribution in [1.82, 2.24) is 9.47 Å². The molecule has 0 unspecified atom stereocenters. The van der Waals surface area contributed by atoms with E-state index in [4.69, 9.17) is 5.73 Å². The number of thiazole rings is 1. The summed E-state index contributed by atoms with van der Waals surface area (Å²) in [5.41, 5.74) is 6.70. The van der Waals surface area contributed by atoms with Gasteiger partial charge >= 0.3 is 5.97 Å². The number of carboxylic acids is 1. The zero-order valence-corrected chi connectivity index (χ0v) is 17.8. The van der Waals surface area contributed by atoms with Crippen molar-refractivity contribution in [3.8, 4) is 0 Å². The molecule has 0 bridgehead atoms. The summed E-state index contributed by atoms with van der Waals surface area (Å²) in [6.07, 6.45) is 3.52. The second-order valence-corrected chi connectivity index (χ2v) is 9.02. The third-order valence-electron chi connectivity index (χ3n) is 6.03. The smallest absolute Gasteiger partial charge is 0.352 e. The summed E-state index contributed by atoms with van der Waals surface area (Å²) < 4.78 is 3.70. The Bertz CT molecular complexity index is 1100. The Hall–Kier alpha value is -2.56. The predicted molar refractivity (Wildman–Crippen MR) is 109 cm³/mol. The molecular formula is C20H25N4O5S+. The number of nitrogens with zero attached hydrogens (tertiary/aromatic N) is 3. The van der Waals surface area contributed by atoms with Crippen LogP contribution in [-0.4, -0.2) is 56.0 Å². The largest absolute Gasteiger partial charge is 0.477 e. The van der Waals surface area contributed by atoms with Gasteiger partial charge in [-0.1, -0.05) is 18.3 Å². The number of β-lactam (4-membered cyclic amide) rings is 1. The summed E-state index contributed by atoms with van der Waals surface area (Å²) in [6.45, 7) is 6.08. The highest BCUT2D eigenvalue weighted by atomic mass is 32.1. The van der Waals surface area contributed by atoms with Gasteiger partial charge in [-0.05, 0) is 19.9 Å². The third kappa shape index (κ3) is 2.82. The Morgan fingerprint density at radius 2 is 2.10 bits per heavy atom. The average Bonchev–Trinajstić information content (AvgIpc) is 3.26. The molecule has 0 aromatic carbocycles. The predicted octanol–water partition coefficient (Wildman–Crippen LogP) is 0.493. The van der Waals surface area contributed by atoms with Crippen LogP contribution in [0.5, 0.6) is 0 Å². The van der Waals surface area contributed by atoms with Crippen molar-refractivity contribution in [2.75, 3.05) is 6.54 Å². The summed E-state index contributed by atoms with van der Waals surface area (Å²) in [5, 5.41) is 19.9. The number of aliphatic hydroxyl groups is 1. The fraction of sp³-hybridized carbons (Fsp3) is 0.500. The number of hydrogen-bond acceptors (Lipinski definition) is 6. The molecule has 4 N–H and O–H groups in total. The highest BCUT2D eigenvalue weighted by Gasteiger charge is 2.60. The molecule has 10 heteroatoms. The quantitative estimate of drug-likeness (QED) is 0.331. The molecule has 4 atom stereocenters. The van der Waals surface area contributed by atoms with Crippen LogP contribution < -0.4 is 10.1 Å². The lowest BCUT2D eigenvalue weighted by atomic mass is 9.77. The minimum Gasteiger partial charge on any atom is -0.477 e. The molecule has 2 aromatic heterocycles. The number of hydrogen-bond donors (Lipinski definition) is 3. The maximum Gasteiger partial charge on any atom is 0.352 e. The van der Waals surface area contributed by atoms with Crippen LogP contribution in [0.4, 0.5) is 0 Å². The first kappa shape index (κ1) is 20.7. The van der Waals surface area contributed by atoms with E-state index in [-0.39, 0.29) is 29.3 Å². The average molecular weight is 434 g/mol. The van der Waals surface area contributed by atoms with Crippen LogP contribution in [-0.2, 0) is 16.1 Å². The molecule has 1 amide bonds. The Morgan fingerprint density at radius 1 is 1.40 bits per heavy atom. The SMILES string of the molecule is CC(=O)c1c2sc(C3=C(C(=O)O)N4C(=O)[C@H]([C@@H](C)O)[C@H]4[C@H]3C)c[n+]2cn1CCCN. The molecule has 2 aromatic rings. The normalized spacial score (nSPS) is 24.4. The maximum absolute atomic E-state index is 12.5. The number of fused-ring (bicyclic) bond motifs is 2. The van der Waals surface area contributed by atoms with E-state index in [0.717, 1.165) is 11.3 Å². The summed E-state index contributed by atoms with van der Waals surface area (Å²) in [6, 6.07) is -0.373. The van der Waals surface area contributed by atoms with E-state index in [0.29, 0.717) is 29.2 Å². The first-order chi connectivity index (χ1) is 14.2. The molecule has 2 aliphatic heterocycles. The number of carbonyl (C=O) groups excluding carboxylic acids is 2. The number of carbonyl (C=O) groups is 3. The van der Waals surface area contributed by atoms with Gasteiger partial charge in [-0.25, -0.2) is 9.36 Å². The van der Waals surface area contributed by atoms with Crippen LogP contribution in [0.2, 0.25) is 0 Å². The van der Waals surface area contributed by atoms with Crippen LogP contribution in [0.3, 0.4) is 0 Å². The molecule has 2 aliphatic rings. The Labute approximate surface area is 177 Å². The monoisotopic (exact) mass is 433 g/mol. The minimum atomic E-state index is -1.17. The van der Waals surface area contributed by atoms with Gasteiger partial charge in [0.2, 0.25) is 28.5 Å². The van der Waals surface area contributed by atoms with E-state index in [9.17, 15) is 24.6 Å². The summed E-state index contributed by atoms with van der Waals surface area (Å²) in [4.78, 5) is 39.6. The number of imidazole rings is 1. The van der Waals surface area contributed by atoms with Gasteiger partial charge < -0.3 is 20.8 Å². The number of Topliss-reactive ketones (excluding diaryl/α,β-unsaturated/α-hetero) is 1.